The predicted molar refractivity (Wildman–Crippen MR) is 96.1 cm³/mol. The minimum Gasteiger partial charge on any atom is -0.476 e. The zero-order valence-electron chi connectivity index (χ0n) is 17.5. The van der Waals surface area contributed by atoms with Crippen LogP contribution in [0.2, 0.25) is 0 Å². The van der Waals surface area contributed by atoms with Crippen molar-refractivity contribution in [3.8, 4) is 11.5 Å². The number of carbonyl (C=O) groups is 1. The number of halogens is 10. The topological polar surface area (TPSA) is 35.5 Å². The van der Waals surface area contributed by atoms with Crippen molar-refractivity contribution in [1.82, 2.24) is 0 Å². The number of benzene rings is 2. The van der Waals surface area contributed by atoms with Crippen LogP contribution in [0.1, 0.15) is 39.5 Å². The Bertz CT molecular complexity index is 948. The average molecular weight is 506 g/mol. The van der Waals surface area contributed by atoms with Crippen LogP contribution in [0, 0.1) is 58.2 Å². The third-order valence-corrected chi connectivity index (χ3v) is 4.60. The predicted octanol–water partition coefficient (Wildman–Crippen LogP) is 6.44. The van der Waals surface area contributed by atoms with E-state index in [1.54, 1.807) is 0 Å². The SMILES string of the molecule is CCCC(Oc1c(F)c(F)c(F)c(F)c1F)C(=O)C(CCC)Oc1c(F)c(F)c(F)c(F)c1F. The molecule has 0 fully saturated rings. The van der Waals surface area contributed by atoms with Crippen molar-refractivity contribution in [2.45, 2.75) is 51.7 Å². The van der Waals surface area contributed by atoms with Crippen molar-refractivity contribution in [2.24, 2.45) is 0 Å². The Morgan fingerprint density at radius 1 is 0.529 bits per heavy atom. The highest BCUT2D eigenvalue weighted by Crippen LogP contribution is 2.33. The molecule has 0 radical (unpaired) electrons. The largest absolute Gasteiger partial charge is 0.476 e. The summed E-state index contributed by atoms with van der Waals surface area (Å²) in [6.07, 6.45) is -4.61. The van der Waals surface area contributed by atoms with Crippen LogP contribution in [-0.4, -0.2) is 18.0 Å². The van der Waals surface area contributed by atoms with Gasteiger partial charge in [-0.1, -0.05) is 26.7 Å². The van der Waals surface area contributed by atoms with Gasteiger partial charge in [0.05, 0.1) is 0 Å². The molecule has 0 aromatic heterocycles. The maximum atomic E-state index is 14.0. The van der Waals surface area contributed by atoms with Crippen molar-refractivity contribution >= 4 is 5.78 Å². The Morgan fingerprint density at radius 2 is 0.765 bits per heavy atom. The highest BCUT2D eigenvalue weighted by Gasteiger charge is 2.36. The summed E-state index contributed by atoms with van der Waals surface area (Å²) in [6, 6.07) is 0. The monoisotopic (exact) mass is 506 g/mol. The van der Waals surface area contributed by atoms with Crippen molar-refractivity contribution in [1.29, 1.82) is 0 Å². The van der Waals surface area contributed by atoms with Crippen LogP contribution in [0.3, 0.4) is 0 Å². The van der Waals surface area contributed by atoms with Crippen molar-refractivity contribution in [3.63, 3.8) is 0 Å². The van der Waals surface area contributed by atoms with Gasteiger partial charge < -0.3 is 9.47 Å². The van der Waals surface area contributed by atoms with E-state index in [1.165, 1.54) is 13.8 Å². The molecule has 0 saturated heterocycles. The molecule has 188 valence electrons. The second-order valence-corrected chi connectivity index (χ2v) is 6.99. The number of ketones is 1. The van der Waals surface area contributed by atoms with Gasteiger partial charge in [0.1, 0.15) is 0 Å². The molecule has 0 aliphatic heterocycles. The van der Waals surface area contributed by atoms with Gasteiger partial charge >= 0.3 is 0 Å². The van der Waals surface area contributed by atoms with Crippen LogP contribution >= 0.6 is 0 Å². The summed E-state index contributed by atoms with van der Waals surface area (Å²) in [4.78, 5) is 12.9. The van der Waals surface area contributed by atoms with Crippen molar-refractivity contribution in [3.05, 3.63) is 58.2 Å². The average Bonchev–Trinajstić information content (AvgIpc) is 2.82. The summed E-state index contributed by atoms with van der Waals surface area (Å²) in [5.74, 6) is -28.7. The minimum absolute atomic E-state index is 0.0488. The lowest BCUT2D eigenvalue weighted by molar-refractivity contribution is -0.134. The van der Waals surface area contributed by atoms with Crippen LogP contribution in [-0.2, 0) is 4.79 Å². The lowest BCUT2D eigenvalue weighted by atomic mass is 10.0. The zero-order chi connectivity index (χ0) is 25.9. The fourth-order valence-corrected chi connectivity index (χ4v) is 2.91. The first-order valence-corrected chi connectivity index (χ1v) is 9.78. The molecule has 2 atom stereocenters. The lowest BCUT2D eigenvalue weighted by Gasteiger charge is -2.25. The van der Waals surface area contributed by atoms with E-state index in [-0.39, 0.29) is 25.7 Å². The second-order valence-electron chi connectivity index (χ2n) is 6.99. The molecule has 34 heavy (non-hydrogen) atoms. The third kappa shape index (κ3) is 5.07. The van der Waals surface area contributed by atoms with Gasteiger partial charge in [-0.2, -0.15) is 17.6 Å². The van der Waals surface area contributed by atoms with E-state index in [4.69, 9.17) is 9.47 Å². The molecule has 0 spiro atoms. The summed E-state index contributed by atoms with van der Waals surface area (Å²) in [5.41, 5.74) is 0. The van der Waals surface area contributed by atoms with Crippen molar-refractivity contribution in [2.75, 3.05) is 0 Å². The molecule has 0 aliphatic rings. The summed E-state index contributed by atoms with van der Waals surface area (Å²) < 4.78 is 146. The van der Waals surface area contributed by atoms with Crippen LogP contribution in [0.25, 0.3) is 0 Å². The molecule has 2 unspecified atom stereocenters. The second kappa shape index (κ2) is 11.0. The molecule has 0 saturated carbocycles. The van der Waals surface area contributed by atoms with Gasteiger partial charge in [-0.3, -0.25) is 4.79 Å². The Morgan fingerprint density at radius 3 is 1.00 bits per heavy atom. The third-order valence-electron chi connectivity index (χ3n) is 4.60. The molecule has 2 aromatic carbocycles. The van der Waals surface area contributed by atoms with Crippen LogP contribution in [0.15, 0.2) is 0 Å². The molecule has 13 heteroatoms. The summed E-state index contributed by atoms with van der Waals surface area (Å²) in [5, 5.41) is 0. The van der Waals surface area contributed by atoms with Gasteiger partial charge in [-0.05, 0) is 12.8 Å². The van der Waals surface area contributed by atoms with Gasteiger partial charge in [0.15, 0.2) is 23.7 Å². The fraction of sp³-hybridized carbons (Fsp3) is 0.381. The van der Waals surface area contributed by atoms with Gasteiger partial charge in [-0.25, -0.2) is 26.3 Å². The molecule has 0 heterocycles. The summed E-state index contributed by atoms with van der Waals surface area (Å²) in [7, 11) is 0. The maximum absolute atomic E-state index is 14.0. The van der Waals surface area contributed by atoms with Crippen LogP contribution < -0.4 is 9.47 Å². The number of hydrogen-bond donors (Lipinski definition) is 0. The van der Waals surface area contributed by atoms with Gasteiger partial charge in [0.25, 0.3) is 0 Å². The molecule has 3 nitrogen and oxygen atoms in total. The number of rotatable bonds is 10. The van der Waals surface area contributed by atoms with Crippen molar-refractivity contribution < 1.29 is 58.2 Å². The first-order valence-electron chi connectivity index (χ1n) is 9.78. The number of hydrogen-bond acceptors (Lipinski definition) is 3. The number of carbonyl (C=O) groups excluding carboxylic acids is 1. The van der Waals surface area contributed by atoms with Gasteiger partial charge in [-0.15, -0.1) is 0 Å². The molecule has 0 aliphatic carbocycles. The van der Waals surface area contributed by atoms with E-state index in [0.29, 0.717) is 0 Å². The van der Waals surface area contributed by atoms with Gasteiger partial charge in [0.2, 0.25) is 64.0 Å². The molecule has 2 aromatic rings. The summed E-state index contributed by atoms with van der Waals surface area (Å²) in [6.45, 7) is 2.89. The van der Waals surface area contributed by atoms with Crippen LogP contribution in [0.5, 0.6) is 11.5 Å². The Hall–Kier alpha value is -2.99. The van der Waals surface area contributed by atoms with E-state index in [1.807, 2.05) is 0 Å². The minimum atomic E-state index is -2.47. The molecule has 0 amide bonds. The standard InChI is InChI=1S/C21H16F10O3/c1-3-5-7(33-20-15(28)11(24)9(22)12(25)16(20)29)19(32)8(6-4-2)34-21-17(30)13(26)10(23)14(27)18(21)31/h7-8H,3-6H2,1-2H3. The van der Waals surface area contributed by atoms with E-state index in [9.17, 15) is 48.7 Å². The lowest BCUT2D eigenvalue weighted by Crippen LogP contribution is -2.40. The molecule has 2 rings (SSSR count). The van der Waals surface area contributed by atoms with Crippen LogP contribution in [0.4, 0.5) is 43.9 Å². The first kappa shape index (κ1) is 27.3. The smallest absolute Gasteiger partial charge is 0.213 e. The first-order chi connectivity index (χ1) is 15.9. The molecular weight excluding hydrogens is 490 g/mol. The maximum Gasteiger partial charge on any atom is 0.213 e. The van der Waals surface area contributed by atoms with E-state index in [2.05, 4.69) is 0 Å². The Balaban J connectivity index is 2.48. The van der Waals surface area contributed by atoms with Gasteiger partial charge in [0, 0.05) is 0 Å². The summed E-state index contributed by atoms with van der Waals surface area (Å²) >= 11 is 0. The fourth-order valence-electron chi connectivity index (χ4n) is 2.91. The normalized spacial score (nSPS) is 13.1. The highest BCUT2D eigenvalue weighted by atomic mass is 19.2. The quantitative estimate of drug-likeness (QED) is 0.211. The number of Topliss-reactive ketones (excluding diaryl/α,β-unsaturated/α-hetero) is 1. The number of ether oxygens (including phenoxy) is 2. The molecular formula is C21H16F10O3. The molecule has 0 bridgehead atoms. The Kier molecular flexibility index (Phi) is 8.78. The van der Waals surface area contributed by atoms with E-state index >= 15 is 0 Å². The van der Waals surface area contributed by atoms with E-state index < -0.39 is 87.7 Å². The molecule has 0 N–H and O–H groups in total. The Labute approximate surface area is 186 Å². The van der Waals surface area contributed by atoms with E-state index in [0.717, 1.165) is 0 Å². The highest BCUT2D eigenvalue weighted by molar-refractivity contribution is 5.88. The zero-order valence-corrected chi connectivity index (χ0v) is 17.5.